The molecule has 0 radical (unpaired) electrons. The highest BCUT2D eigenvalue weighted by Gasteiger charge is 2.35. The zero-order chi connectivity index (χ0) is 23.1. The maximum Gasteiger partial charge on any atom is 0.161 e. The Morgan fingerprint density at radius 2 is 1.35 bits per heavy atom. The summed E-state index contributed by atoms with van der Waals surface area (Å²) >= 11 is 0. The number of benzene rings is 2. The quantitative estimate of drug-likeness (QED) is 0.449. The van der Waals surface area contributed by atoms with Gasteiger partial charge in [0.05, 0.1) is 39.2 Å². The molecular weight excluding hydrogens is 426 g/mol. The summed E-state index contributed by atoms with van der Waals surface area (Å²) in [5.74, 6) is 5.14. The third-order valence-corrected chi connectivity index (χ3v) is 7.75. The van der Waals surface area contributed by atoms with Gasteiger partial charge in [-0.1, -0.05) is 12.8 Å². The molecule has 0 spiro atoms. The van der Waals surface area contributed by atoms with Gasteiger partial charge in [-0.25, -0.2) is 0 Å². The highest BCUT2D eigenvalue weighted by atomic mass is 16.5. The van der Waals surface area contributed by atoms with Gasteiger partial charge in [-0.2, -0.15) is 0 Å². The third kappa shape index (κ3) is 4.49. The van der Waals surface area contributed by atoms with Gasteiger partial charge in [0.25, 0.3) is 0 Å². The number of rotatable bonds is 9. The van der Waals surface area contributed by atoms with Gasteiger partial charge in [-0.3, -0.25) is 4.99 Å². The number of nitrogens with zero attached hydrogens (tertiary/aromatic N) is 1. The zero-order valence-corrected chi connectivity index (χ0v) is 20.3. The molecule has 1 heterocycles. The molecule has 5 nitrogen and oxygen atoms in total. The monoisotopic (exact) mass is 461 g/mol. The summed E-state index contributed by atoms with van der Waals surface area (Å²) in [4.78, 5) is 5.35. The Morgan fingerprint density at radius 1 is 0.735 bits per heavy atom. The lowest BCUT2D eigenvalue weighted by molar-refractivity contribution is 0.285. The van der Waals surface area contributed by atoms with Crippen molar-refractivity contribution in [1.82, 2.24) is 0 Å². The van der Waals surface area contributed by atoms with Gasteiger partial charge in [0, 0.05) is 23.1 Å². The van der Waals surface area contributed by atoms with E-state index in [2.05, 4.69) is 30.3 Å². The number of hydrogen-bond acceptors (Lipinski definition) is 5. The van der Waals surface area contributed by atoms with E-state index in [0.29, 0.717) is 23.8 Å². The van der Waals surface area contributed by atoms with Gasteiger partial charge < -0.3 is 18.9 Å². The van der Waals surface area contributed by atoms with Crippen molar-refractivity contribution in [3.8, 4) is 23.0 Å². The van der Waals surface area contributed by atoms with Gasteiger partial charge in [0.15, 0.2) is 11.5 Å². The van der Waals surface area contributed by atoms with Crippen molar-refractivity contribution >= 4 is 5.71 Å². The molecule has 3 fully saturated rings. The summed E-state index contributed by atoms with van der Waals surface area (Å²) in [6, 6.07) is 10.9. The predicted molar refractivity (Wildman–Crippen MR) is 133 cm³/mol. The van der Waals surface area contributed by atoms with Gasteiger partial charge >= 0.3 is 0 Å². The van der Waals surface area contributed by atoms with E-state index in [1.54, 1.807) is 14.2 Å². The molecule has 0 saturated heterocycles. The molecule has 4 aliphatic rings. The zero-order valence-electron chi connectivity index (χ0n) is 20.3. The van der Waals surface area contributed by atoms with Crippen LogP contribution in [-0.4, -0.2) is 39.2 Å². The Labute approximate surface area is 202 Å². The second kappa shape index (κ2) is 9.16. The summed E-state index contributed by atoms with van der Waals surface area (Å²) in [5.41, 5.74) is 4.56. The maximum atomic E-state index is 6.22. The van der Waals surface area contributed by atoms with E-state index in [0.717, 1.165) is 59.5 Å². The first-order valence-corrected chi connectivity index (χ1v) is 13.0. The van der Waals surface area contributed by atoms with Crippen LogP contribution in [0.2, 0.25) is 0 Å². The fourth-order valence-electron chi connectivity index (χ4n) is 5.37. The third-order valence-electron chi connectivity index (χ3n) is 7.75. The van der Waals surface area contributed by atoms with Crippen LogP contribution in [0.15, 0.2) is 35.3 Å². The molecule has 2 unspecified atom stereocenters. The first kappa shape index (κ1) is 21.8. The van der Waals surface area contributed by atoms with Crippen LogP contribution in [0.5, 0.6) is 23.0 Å². The minimum Gasteiger partial charge on any atom is -0.493 e. The van der Waals surface area contributed by atoms with Crippen LogP contribution in [0.4, 0.5) is 0 Å². The van der Waals surface area contributed by atoms with Gasteiger partial charge in [-0.05, 0) is 80.2 Å². The topological polar surface area (TPSA) is 49.3 Å². The SMILES string of the molecule is COc1cc2c(cc1OC)C1CCCCC1N=C2c1cc(OCC2CC2)cc(OCC2CC2)c1. The molecule has 0 bridgehead atoms. The maximum absolute atomic E-state index is 6.22. The Hall–Kier alpha value is -2.69. The van der Waals surface area contributed by atoms with Crippen molar-refractivity contribution in [3.63, 3.8) is 0 Å². The lowest BCUT2D eigenvalue weighted by atomic mass is 9.75. The molecule has 0 aromatic heterocycles. The van der Waals surface area contributed by atoms with Gasteiger partial charge in [0.1, 0.15) is 11.5 Å². The minimum atomic E-state index is 0.307. The molecule has 34 heavy (non-hydrogen) atoms. The Bertz CT molecular complexity index is 1050. The van der Waals surface area contributed by atoms with Crippen molar-refractivity contribution in [3.05, 3.63) is 47.0 Å². The largest absolute Gasteiger partial charge is 0.493 e. The molecule has 2 atom stereocenters. The summed E-state index contributed by atoms with van der Waals surface area (Å²) < 4.78 is 23.8. The average Bonchev–Trinajstić information content (AvgIpc) is 3.80. The fourth-order valence-corrected chi connectivity index (χ4v) is 5.37. The Balaban J connectivity index is 1.42. The molecule has 0 amide bonds. The van der Waals surface area contributed by atoms with E-state index < -0.39 is 0 Å². The predicted octanol–water partition coefficient (Wildman–Crippen LogP) is 6.16. The van der Waals surface area contributed by atoms with E-state index in [-0.39, 0.29) is 0 Å². The number of methoxy groups -OCH3 is 2. The molecule has 3 aliphatic carbocycles. The highest BCUT2D eigenvalue weighted by Crippen LogP contribution is 2.45. The molecule has 180 valence electrons. The van der Waals surface area contributed by atoms with Crippen molar-refractivity contribution < 1.29 is 18.9 Å². The van der Waals surface area contributed by atoms with E-state index in [1.807, 2.05) is 0 Å². The Kier molecular flexibility index (Phi) is 5.88. The van der Waals surface area contributed by atoms with Crippen LogP contribution in [0, 0.1) is 11.8 Å². The number of ether oxygens (including phenoxy) is 4. The van der Waals surface area contributed by atoms with Crippen LogP contribution in [0.3, 0.4) is 0 Å². The van der Waals surface area contributed by atoms with Crippen molar-refractivity contribution in [2.45, 2.75) is 63.3 Å². The van der Waals surface area contributed by atoms with E-state index in [9.17, 15) is 0 Å². The average molecular weight is 462 g/mol. The summed E-state index contributed by atoms with van der Waals surface area (Å²) in [7, 11) is 3.41. The first-order valence-electron chi connectivity index (χ1n) is 13.0. The highest BCUT2D eigenvalue weighted by molar-refractivity contribution is 6.15. The standard InChI is InChI=1S/C29H35NO4/c1-31-27-14-24-23-5-3-4-6-26(23)30-29(25(24)15-28(27)32-2)20-11-21(33-16-18-7-8-18)13-22(12-20)34-17-19-9-10-19/h11-15,18-19,23,26H,3-10,16-17H2,1-2H3. The van der Waals surface area contributed by atoms with Crippen molar-refractivity contribution in [2.24, 2.45) is 16.8 Å². The second-order valence-corrected chi connectivity index (χ2v) is 10.4. The molecule has 2 aromatic carbocycles. The smallest absolute Gasteiger partial charge is 0.161 e. The van der Waals surface area contributed by atoms with Crippen LogP contribution in [-0.2, 0) is 0 Å². The van der Waals surface area contributed by atoms with E-state index >= 15 is 0 Å². The lowest BCUT2D eigenvalue weighted by Crippen LogP contribution is -2.29. The van der Waals surface area contributed by atoms with Crippen molar-refractivity contribution in [2.75, 3.05) is 27.4 Å². The first-order chi connectivity index (χ1) is 16.7. The molecule has 3 saturated carbocycles. The molecular formula is C29H35NO4. The molecule has 0 N–H and O–H groups in total. The number of fused-ring (bicyclic) bond motifs is 3. The molecule has 5 heteroatoms. The Morgan fingerprint density at radius 3 is 1.97 bits per heavy atom. The molecule has 1 aliphatic heterocycles. The van der Waals surface area contributed by atoms with Gasteiger partial charge in [-0.15, -0.1) is 0 Å². The fraction of sp³-hybridized carbons (Fsp3) is 0.552. The van der Waals surface area contributed by atoms with E-state index in [4.69, 9.17) is 23.9 Å². The number of hydrogen-bond donors (Lipinski definition) is 0. The molecule has 2 aromatic rings. The summed E-state index contributed by atoms with van der Waals surface area (Å²) in [6.45, 7) is 1.56. The van der Waals surface area contributed by atoms with Crippen LogP contribution >= 0.6 is 0 Å². The number of aliphatic imine (C=N–C) groups is 1. The summed E-state index contributed by atoms with van der Waals surface area (Å²) in [5, 5.41) is 0. The van der Waals surface area contributed by atoms with Gasteiger partial charge in [0.2, 0.25) is 0 Å². The summed E-state index contributed by atoms with van der Waals surface area (Å²) in [6.07, 6.45) is 9.88. The van der Waals surface area contributed by atoms with Crippen molar-refractivity contribution in [1.29, 1.82) is 0 Å². The normalized spacial score (nSPS) is 23.4. The molecule has 6 rings (SSSR count). The van der Waals surface area contributed by atoms with E-state index in [1.165, 1.54) is 50.5 Å². The lowest BCUT2D eigenvalue weighted by Gasteiger charge is -2.36. The van der Waals surface area contributed by atoms with Crippen LogP contribution < -0.4 is 18.9 Å². The van der Waals surface area contributed by atoms with Crippen LogP contribution in [0.25, 0.3) is 0 Å². The minimum absolute atomic E-state index is 0.307. The van der Waals surface area contributed by atoms with Crippen LogP contribution in [0.1, 0.15) is 74.0 Å². The second-order valence-electron chi connectivity index (χ2n) is 10.4.